The van der Waals surface area contributed by atoms with E-state index < -0.39 is 5.97 Å². The van der Waals surface area contributed by atoms with E-state index in [1.54, 1.807) is 11.9 Å². The van der Waals surface area contributed by atoms with E-state index in [-0.39, 0.29) is 17.1 Å². The Hall–Kier alpha value is -1.91. The molecule has 0 saturated heterocycles. The van der Waals surface area contributed by atoms with Crippen LogP contribution in [0.2, 0.25) is 0 Å². The monoisotopic (exact) mass is 250 g/mol. The maximum atomic E-state index is 12.2. The maximum Gasteiger partial charge on any atom is 0.354 e. The summed E-state index contributed by atoms with van der Waals surface area (Å²) < 4.78 is 0. The lowest BCUT2D eigenvalue weighted by molar-refractivity contribution is 0.0616. The van der Waals surface area contributed by atoms with Crippen LogP contribution in [0.4, 0.5) is 0 Å². The maximum absolute atomic E-state index is 12.2. The van der Waals surface area contributed by atoms with E-state index in [9.17, 15) is 9.59 Å². The standard InChI is InChI=1S/C13H18N2O3/c1-5-13(2,3)15(4)11(16)9-6-7-10(12(17)18)14-8-9/h6-8H,5H2,1-4H3,(H,17,18). The molecule has 0 aliphatic heterocycles. The van der Waals surface area contributed by atoms with E-state index in [0.717, 1.165) is 6.42 Å². The molecule has 0 aliphatic rings. The normalized spacial score (nSPS) is 11.1. The predicted octanol–water partition coefficient (Wildman–Crippen LogP) is 2.04. The van der Waals surface area contributed by atoms with Gasteiger partial charge in [-0.2, -0.15) is 0 Å². The quantitative estimate of drug-likeness (QED) is 0.887. The average Bonchev–Trinajstić information content (AvgIpc) is 2.37. The molecular formula is C13H18N2O3. The third kappa shape index (κ3) is 2.85. The number of carboxylic acid groups (broad SMARTS) is 1. The van der Waals surface area contributed by atoms with Crippen LogP contribution in [-0.4, -0.2) is 39.5 Å². The molecule has 98 valence electrons. The second-order valence-electron chi connectivity index (χ2n) is 4.77. The van der Waals surface area contributed by atoms with Gasteiger partial charge in [0.15, 0.2) is 0 Å². The minimum absolute atomic E-state index is 0.0658. The number of amides is 1. The smallest absolute Gasteiger partial charge is 0.354 e. The molecule has 5 nitrogen and oxygen atoms in total. The van der Waals surface area contributed by atoms with Gasteiger partial charge in [0.1, 0.15) is 5.69 Å². The molecule has 1 heterocycles. The SMILES string of the molecule is CCC(C)(C)N(C)C(=O)c1ccc(C(=O)O)nc1. The number of carbonyl (C=O) groups excluding carboxylic acids is 1. The zero-order chi connectivity index (χ0) is 13.9. The first-order valence-corrected chi connectivity index (χ1v) is 5.77. The highest BCUT2D eigenvalue weighted by Gasteiger charge is 2.26. The van der Waals surface area contributed by atoms with Crippen LogP contribution >= 0.6 is 0 Å². The Morgan fingerprint density at radius 1 is 1.39 bits per heavy atom. The number of rotatable bonds is 4. The van der Waals surface area contributed by atoms with E-state index >= 15 is 0 Å². The van der Waals surface area contributed by atoms with Gasteiger partial charge in [-0.3, -0.25) is 4.79 Å². The first-order valence-electron chi connectivity index (χ1n) is 5.77. The lowest BCUT2D eigenvalue weighted by Gasteiger charge is -2.34. The van der Waals surface area contributed by atoms with Crippen LogP contribution in [-0.2, 0) is 0 Å². The molecule has 18 heavy (non-hydrogen) atoms. The molecule has 5 heteroatoms. The minimum Gasteiger partial charge on any atom is -0.477 e. The van der Waals surface area contributed by atoms with Crippen molar-refractivity contribution in [2.75, 3.05) is 7.05 Å². The number of aromatic nitrogens is 1. The van der Waals surface area contributed by atoms with Gasteiger partial charge in [-0.15, -0.1) is 0 Å². The van der Waals surface area contributed by atoms with Gasteiger partial charge in [0, 0.05) is 18.8 Å². The van der Waals surface area contributed by atoms with Gasteiger partial charge >= 0.3 is 5.97 Å². The van der Waals surface area contributed by atoms with E-state index in [2.05, 4.69) is 4.98 Å². The summed E-state index contributed by atoms with van der Waals surface area (Å²) in [5.74, 6) is -1.26. The molecule has 1 amide bonds. The number of carboxylic acids is 1. The van der Waals surface area contributed by atoms with Crippen molar-refractivity contribution in [1.82, 2.24) is 9.88 Å². The number of pyridine rings is 1. The fraction of sp³-hybridized carbons (Fsp3) is 0.462. The number of hydrogen-bond donors (Lipinski definition) is 1. The van der Waals surface area contributed by atoms with Crippen molar-refractivity contribution in [3.05, 3.63) is 29.6 Å². The van der Waals surface area contributed by atoms with Gasteiger partial charge in [-0.25, -0.2) is 9.78 Å². The Morgan fingerprint density at radius 3 is 2.39 bits per heavy atom. The molecule has 0 aliphatic carbocycles. The highest BCUT2D eigenvalue weighted by molar-refractivity contribution is 5.95. The van der Waals surface area contributed by atoms with Crippen molar-refractivity contribution in [3.63, 3.8) is 0 Å². The van der Waals surface area contributed by atoms with Gasteiger partial charge in [0.2, 0.25) is 0 Å². The van der Waals surface area contributed by atoms with E-state index in [1.807, 2.05) is 20.8 Å². The Labute approximate surface area is 106 Å². The molecule has 1 rings (SSSR count). The summed E-state index contributed by atoms with van der Waals surface area (Å²) >= 11 is 0. The van der Waals surface area contributed by atoms with E-state index in [0.29, 0.717) is 5.56 Å². The summed E-state index contributed by atoms with van der Waals surface area (Å²) in [5, 5.41) is 8.73. The molecule has 1 aromatic heterocycles. The Bertz CT molecular complexity index is 452. The van der Waals surface area contributed by atoms with Gasteiger partial charge < -0.3 is 10.0 Å². The van der Waals surface area contributed by atoms with Crippen LogP contribution in [0.15, 0.2) is 18.3 Å². The Morgan fingerprint density at radius 2 is 2.00 bits per heavy atom. The second kappa shape index (κ2) is 5.16. The van der Waals surface area contributed by atoms with Crippen molar-refractivity contribution in [3.8, 4) is 0 Å². The molecule has 1 N–H and O–H groups in total. The third-order valence-corrected chi connectivity index (χ3v) is 3.31. The Balaban J connectivity index is 2.94. The summed E-state index contributed by atoms with van der Waals surface area (Å²) in [6.45, 7) is 5.96. The summed E-state index contributed by atoms with van der Waals surface area (Å²) in [6.07, 6.45) is 2.13. The van der Waals surface area contributed by atoms with Gasteiger partial charge in [0.25, 0.3) is 5.91 Å². The second-order valence-corrected chi connectivity index (χ2v) is 4.77. The minimum atomic E-state index is -1.10. The molecule has 0 bridgehead atoms. The largest absolute Gasteiger partial charge is 0.477 e. The van der Waals surface area contributed by atoms with Crippen LogP contribution in [0.3, 0.4) is 0 Å². The van der Waals surface area contributed by atoms with E-state index in [4.69, 9.17) is 5.11 Å². The zero-order valence-electron chi connectivity index (χ0n) is 11.1. The average molecular weight is 250 g/mol. The van der Waals surface area contributed by atoms with Crippen molar-refractivity contribution in [1.29, 1.82) is 0 Å². The molecule has 0 saturated carbocycles. The summed E-state index contributed by atoms with van der Waals surface area (Å²) in [7, 11) is 1.73. The van der Waals surface area contributed by atoms with Crippen molar-refractivity contribution >= 4 is 11.9 Å². The van der Waals surface area contributed by atoms with Gasteiger partial charge in [0.05, 0.1) is 5.56 Å². The fourth-order valence-corrected chi connectivity index (χ4v) is 1.35. The van der Waals surface area contributed by atoms with Crippen LogP contribution in [0.5, 0.6) is 0 Å². The summed E-state index contributed by atoms with van der Waals surface area (Å²) in [6, 6.07) is 2.82. The first kappa shape index (κ1) is 14.2. The topological polar surface area (TPSA) is 70.5 Å². The molecule has 0 aromatic carbocycles. The molecule has 0 radical (unpaired) electrons. The number of nitrogens with zero attached hydrogens (tertiary/aromatic N) is 2. The lowest BCUT2D eigenvalue weighted by atomic mass is 9.99. The third-order valence-electron chi connectivity index (χ3n) is 3.31. The molecule has 1 aromatic rings. The number of hydrogen-bond acceptors (Lipinski definition) is 3. The van der Waals surface area contributed by atoms with Gasteiger partial charge in [-0.1, -0.05) is 6.92 Å². The molecule has 0 atom stereocenters. The zero-order valence-corrected chi connectivity index (χ0v) is 11.1. The number of aromatic carboxylic acids is 1. The van der Waals surface area contributed by atoms with Crippen molar-refractivity contribution in [2.24, 2.45) is 0 Å². The molecule has 0 fully saturated rings. The fourth-order valence-electron chi connectivity index (χ4n) is 1.35. The van der Waals surface area contributed by atoms with Crippen LogP contribution < -0.4 is 0 Å². The van der Waals surface area contributed by atoms with E-state index in [1.165, 1.54) is 18.3 Å². The van der Waals surface area contributed by atoms with Crippen LogP contribution in [0, 0.1) is 0 Å². The molecule has 0 spiro atoms. The summed E-state index contributed by atoms with van der Waals surface area (Å²) in [4.78, 5) is 28.2. The summed E-state index contributed by atoms with van der Waals surface area (Å²) in [5.41, 5.74) is 0.0794. The van der Waals surface area contributed by atoms with Crippen LogP contribution in [0.1, 0.15) is 48.0 Å². The predicted molar refractivity (Wildman–Crippen MR) is 67.7 cm³/mol. The van der Waals surface area contributed by atoms with Crippen molar-refractivity contribution in [2.45, 2.75) is 32.7 Å². The van der Waals surface area contributed by atoms with Gasteiger partial charge in [-0.05, 0) is 32.4 Å². The Kier molecular flexibility index (Phi) is 4.06. The number of carbonyl (C=O) groups is 2. The van der Waals surface area contributed by atoms with Crippen LogP contribution in [0.25, 0.3) is 0 Å². The lowest BCUT2D eigenvalue weighted by Crippen LogP contribution is -2.44. The van der Waals surface area contributed by atoms with Crippen molar-refractivity contribution < 1.29 is 14.7 Å². The highest BCUT2D eigenvalue weighted by atomic mass is 16.4. The molecule has 0 unspecified atom stereocenters. The molecular weight excluding hydrogens is 232 g/mol. The first-order chi connectivity index (χ1) is 8.29. The highest BCUT2D eigenvalue weighted by Crippen LogP contribution is 2.19.